The van der Waals surface area contributed by atoms with E-state index in [1.807, 2.05) is 0 Å². The van der Waals surface area contributed by atoms with Crippen LogP contribution in [0.25, 0.3) is 0 Å². The average molecular weight is 364 g/mol. The smallest absolute Gasteiger partial charge is 0.335 e. The molecule has 0 aliphatic heterocycles. The third-order valence-corrected chi connectivity index (χ3v) is 2.94. The van der Waals surface area contributed by atoms with Crippen molar-refractivity contribution < 1.29 is 30.0 Å². The molecule has 8 heteroatoms. The van der Waals surface area contributed by atoms with E-state index in [9.17, 15) is 9.59 Å². The predicted octanol–water partition coefficient (Wildman–Crippen LogP) is 1.82. The average Bonchev–Trinajstić information content (AvgIpc) is 2.68. The van der Waals surface area contributed by atoms with Gasteiger partial charge in [-0.25, -0.2) is 9.59 Å². The van der Waals surface area contributed by atoms with Gasteiger partial charge in [-0.05, 0) is 48.5 Å². The Morgan fingerprint density at radius 1 is 0.692 bits per heavy atom. The first kappa shape index (κ1) is 22.9. The normalized spacial score (nSPS) is 8.92. The molecule has 0 saturated carbocycles. The van der Waals surface area contributed by atoms with Gasteiger partial charge in [0, 0.05) is 25.5 Å². The Kier molecular flexibility index (Phi) is 11.6. The summed E-state index contributed by atoms with van der Waals surface area (Å²) in [6.45, 7) is -0.250. The molecule has 0 saturated heterocycles. The second-order valence-corrected chi connectivity index (χ2v) is 4.71. The van der Waals surface area contributed by atoms with Crippen LogP contribution in [0.2, 0.25) is 0 Å². The van der Waals surface area contributed by atoms with E-state index < -0.39 is 11.9 Å². The van der Waals surface area contributed by atoms with Gasteiger partial charge in [0.15, 0.2) is 0 Å². The summed E-state index contributed by atoms with van der Waals surface area (Å²) in [5, 5.41) is 38.1. The van der Waals surface area contributed by atoms with Crippen LogP contribution >= 0.6 is 0 Å². The fourth-order valence-corrected chi connectivity index (χ4v) is 1.56. The largest absolute Gasteiger partial charge is 0.478 e. The summed E-state index contributed by atoms with van der Waals surface area (Å²) in [5.74, 6) is -1.79. The lowest BCUT2D eigenvalue weighted by Gasteiger charge is -1.98. The number of aliphatic hydroxyl groups is 2. The molecule has 0 unspecified atom stereocenters. The molecular formula is C18H24N2O6. The van der Waals surface area contributed by atoms with Gasteiger partial charge in [0.05, 0.1) is 24.3 Å². The fourth-order valence-electron chi connectivity index (χ4n) is 1.56. The first-order chi connectivity index (χ1) is 12.4. The molecule has 0 amide bonds. The minimum absolute atomic E-state index is 0.125. The summed E-state index contributed by atoms with van der Waals surface area (Å²) in [4.78, 5) is 20.8. The Labute approximate surface area is 151 Å². The van der Waals surface area contributed by atoms with Crippen molar-refractivity contribution in [1.29, 1.82) is 0 Å². The molecule has 0 spiro atoms. The molecule has 2 rings (SSSR count). The van der Waals surface area contributed by atoms with E-state index in [-0.39, 0.29) is 13.2 Å². The fraction of sp³-hybridized carbons (Fsp3) is 0.222. The molecule has 0 aliphatic carbocycles. The molecular weight excluding hydrogens is 340 g/mol. The molecule has 26 heavy (non-hydrogen) atoms. The van der Waals surface area contributed by atoms with Crippen molar-refractivity contribution in [2.75, 3.05) is 37.9 Å². The number of carboxylic acids is 2. The molecule has 2 aromatic carbocycles. The second-order valence-electron chi connectivity index (χ2n) is 4.71. The SMILES string of the molecule is CNc1ccc(C(=O)O)cc1.CNc1ccc(C(=O)O)cc1.OCCO. The van der Waals surface area contributed by atoms with Gasteiger partial charge in [0.1, 0.15) is 0 Å². The lowest BCUT2D eigenvalue weighted by atomic mass is 10.2. The number of carbonyl (C=O) groups is 2. The number of hydrogen-bond acceptors (Lipinski definition) is 6. The van der Waals surface area contributed by atoms with Gasteiger partial charge in [-0.1, -0.05) is 0 Å². The Balaban J connectivity index is 0.000000401. The van der Waals surface area contributed by atoms with Crippen LogP contribution in [0.4, 0.5) is 11.4 Å². The van der Waals surface area contributed by atoms with Crippen molar-refractivity contribution >= 4 is 23.3 Å². The zero-order valence-electron chi connectivity index (χ0n) is 14.6. The summed E-state index contributed by atoms with van der Waals surface area (Å²) in [6, 6.07) is 13.2. The van der Waals surface area contributed by atoms with E-state index in [0.29, 0.717) is 11.1 Å². The Hall–Kier alpha value is -3.10. The highest BCUT2D eigenvalue weighted by Crippen LogP contribution is 2.08. The molecule has 0 heterocycles. The number of rotatable bonds is 5. The maximum atomic E-state index is 10.4. The van der Waals surface area contributed by atoms with Crippen molar-refractivity contribution in [3.05, 3.63) is 59.7 Å². The van der Waals surface area contributed by atoms with Crippen LogP contribution in [-0.4, -0.2) is 59.7 Å². The molecule has 142 valence electrons. The molecule has 0 aliphatic rings. The number of anilines is 2. The molecule has 8 nitrogen and oxygen atoms in total. The van der Waals surface area contributed by atoms with Crippen molar-refractivity contribution in [1.82, 2.24) is 0 Å². The van der Waals surface area contributed by atoms with Crippen LogP contribution in [0.1, 0.15) is 20.7 Å². The van der Waals surface area contributed by atoms with E-state index in [4.69, 9.17) is 20.4 Å². The van der Waals surface area contributed by atoms with E-state index in [0.717, 1.165) is 11.4 Å². The molecule has 0 atom stereocenters. The number of benzene rings is 2. The third kappa shape index (κ3) is 9.26. The Morgan fingerprint density at radius 2 is 0.962 bits per heavy atom. The zero-order valence-corrected chi connectivity index (χ0v) is 14.6. The van der Waals surface area contributed by atoms with E-state index in [1.54, 1.807) is 62.6 Å². The quantitative estimate of drug-likeness (QED) is 0.472. The van der Waals surface area contributed by atoms with Crippen LogP contribution in [0.3, 0.4) is 0 Å². The van der Waals surface area contributed by atoms with E-state index in [2.05, 4.69) is 10.6 Å². The topological polar surface area (TPSA) is 139 Å². The van der Waals surface area contributed by atoms with E-state index >= 15 is 0 Å². The molecule has 0 radical (unpaired) electrons. The minimum Gasteiger partial charge on any atom is -0.478 e. The standard InChI is InChI=1S/2C8H9NO2.C2H6O2/c2*1-9-7-4-2-6(3-5-7)8(10)11;3-1-2-4/h2*2-5,9H,1H3,(H,10,11);3-4H,1-2H2. The lowest BCUT2D eigenvalue weighted by Crippen LogP contribution is -1.96. The number of aromatic carboxylic acids is 2. The number of aliphatic hydroxyl groups excluding tert-OH is 2. The van der Waals surface area contributed by atoms with Crippen LogP contribution in [0.15, 0.2) is 48.5 Å². The second kappa shape index (κ2) is 13.2. The molecule has 0 aromatic heterocycles. The first-order valence-corrected chi connectivity index (χ1v) is 7.63. The van der Waals surface area contributed by atoms with Gasteiger partial charge in [-0.2, -0.15) is 0 Å². The lowest BCUT2D eigenvalue weighted by molar-refractivity contribution is 0.0686. The van der Waals surface area contributed by atoms with Crippen molar-refractivity contribution in [2.45, 2.75) is 0 Å². The van der Waals surface area contributed by atoms with Crippen LogP contribution in [-0.2, 0) is 0 Å². The molecule has 0 bridgehead atoms. The molecule has 0 fully saturated rings. The van der Waals surface area contributed by atoms with Crippen LogP contribution in [0.5, 0.6) is 0 Å². The van der Waals surface area contributed by atoms with Crippen LogP contribution < -0.4 is 10.6 Å². The number of hydrogen-bond donors (Lipinski definition) is 6. The van der Waals surface area contributed by atoms with Gasteiger partial charge in [-0.3, -0.25) is 0 Å². The molecule has 6 N–H and O–H groups in total. The summed E-state index contributed by atoms with van der Waals surface area (Å²) in [6.07, 6.45) is 0. The highest BCUT2D eigenvalue weighted by Gasteiger charge is 2.00. The molecule has 2 aromatic rings. The van der Waals surface area contributed by atoms with Crippen molar-refractivity contribution in [2.24, 2.45) is 0 Å². The zero-order chi connectivity index (χ0) is 19.9. The van der Waals surface area contributed by atoms with Gasteiger partial charge in [-0.15, -0.1) is 0 Å². The Bertz CT molecular complexity index is 597. The van der Waals surface area contributed by atoms with Crippen molar-refractivity contribution in [3.63, 3.8) is 0 Å². The maximum absolute atomic E-state index is 10.4. The first-order valence-electron chi connectivity index (χ1n) is 7.63. The predicted molar refractivity (Wildman–Crippen MR) is 100 cm³/mol. The van der Waals surface area contributed by atoms with Crippen LogP contribution in [0, 0.1) is 0 Å². The number of nitrogens with one attached hydrogen (secondary N) is 2. The van der Waals surface area contributed by atoms with Gasteiger partial charge in [0.2, 0.25) is 0 Å². The highest BCUT2D eigenvalue weighted by molar-refractivity contribution is 5.88. The van der Waals surface area contributed by atoms with Gasteiger partial charge >= 0.3 is 11.9 Å². The summed E-state index contributed by atoms with van der Waals surface area (Å²) >= 11 is 0. The monoisotopic (exact) mass is 364 g/mol. The Morgan fingerprint density at radius 3 is 1.12 bits per heavy atom. The maximum Gasteiger partial charge on any atom is 0.335 e. The van der Waals surface area contributed by atoms with Crippen molar-refractivity contribution in [3.8, 4) is 0 Å². The summed E-state index contributed by atoms with van der Waals surface area (Å²) < 4.78 is 0. The highest BCUT2D eigenvalue weighted by atomic mass is 16.4. The van der Waals surface area contributed by atoms with Gasteiger partial charge in [0.25, 0.3) is 0 Å². The summed E-state index contributed by atoms with van der Waals surface area (Å²) in [7, 11) is 3.57. The number of carboxylic acid groups (broad SMARTS) is 2. The minimum atomic E-state index is -0.896. The van der Waals surface area contributed by atoms with Gasteiger partial charge < -0.3 is 31.1 Å². The summed E-state index contributed by atoms with van der Waals surface area (Å²) in [5.41, 5.74) is 2.44. The third-order valence-electron chi connectivity index (χ3n) is 2.94. The van der Waals surface area contributed by atoms with E-state index in [1.165, 1.54) is 0 Å².